The number of aromatic nitrogens is 2. The van der Waals surface area contributed by atoms with Crippen LogP contribution in [0.2, 0.25) is 0 Å². The number of hydrogen-bond acceptors (Lipinski definition) is 4. The Labute approximate surface area is 117 Å². The van der Waals surface area contributed by atoms with Gasteiger partial charge in [-0.15, -0.1) is 0 Å². The van der Waals surface area contributed by atoms with Gasteiger partial charge in [-0.25, -0.2) is 9.97 Å². The molecule has 1 aliphatic heterocycles. The molecule has 2 atom stereocenters. The Morgan fingerprint density at radius 3 is 2.89 bits per heavy atom. The van der Waals surface area contributed by atoms with E-state index >= 15 is 0 Å². The van der Waals surface area contributed by atoms with Crippen LogP contribution in [0.4, 0.5) is 5.82 Å². The zero-order valence-corrected chi connectivity index (χ0v) is 12.8. The van der Waals surface area contributed by atoms with E-state index in [1.54, 1.807) is 0 Å². The number of aryl methyl sites for hydroxylation is 2. The molecule has 0 aliphatic carbocycles. The third-order valence-electron chi connectivity index (χ3n) is 3.06. The molecule has 0 amide bonds. The molecule has 1 aromatic heterocycles. The number of hydrogen-bond donors (Lipinski definition) is 0. The van der Waals surface area contributed by atoms with Crippen molar-refractivity contribution in [2.75, 3.05) is 23.3 Å². The van der Waals surface area contributed by atoms with Crippen molar-refractivity contribution in [3.63, 3.8) is 0 Å². The Hall–Kier alpha value is -0.680. The second-order valence-corrected chi connectivity index (χ2v) is 5.39. The Bertz CT molecular complexity index is 413. The average Bonchev–Trinajstić information content (AvgIpc) is 2.37. The van der Waals surface area contributed by atoms with Crippen molar-refractivity contribution in [2.45, 2.75) is 39.4 Å². The van der Waals surface area contributed by atoms with E-state index in [1.807, 2.05) is 6.92 Å². The highest BCUT2D eigenvalue weighted by molar-refractivity contribution is 9.09. The van der Waals surface area contributed by atoms with Crippen molar-refractivity contribution in [3.05, 3.63) is 17.6 Å². The van der Waals surface area contributed by atoms with Crippen LogP contribution < -0.4 is 4.90 Å². The van der Waals surface area contributed by atoms with Crippen LogP contribution in [-0.4, -0.2) is 40.6 Å². The van der Waals surface area contributed by atoms with Gasteiger partial charge in [-0.05, 0) is 20.3 Å². The fourth-order valence-corrected chi connectivity index (χ4v) is 2.63. The molecule has 1 fully saturated rings. The Morgan fingerprint density at radius 1 is 1.44 bits per heavy atom. The Kier molecular flexibility index (Phi) is 4.56. The minimum absolute atomic E-state index is 0.231. The van der Waals surface area contributed by atoms with Crippen LogP contribution in [0.3, 0.4) is 0 Å². The largest absolute Gasteiger partial charge is 0.371 e. The number of alkyl halides is 1. The Balaban J connectivity index is 2.21. The molecule has 0 spiro atoms. The molecule has 0 aromatic carbocycles. The van der Waals surface area contributed by atoms with Gasteiger partial charge in [-0.1, -0.05) is 22.9 Å². The summed E-state index contributed by atoms with van der Waals surface area (Å²) in [4.78, 5) is 11.3. The van der Waals surface area contributed by atoms with E-state index in [1.165, 1.54) is 0 Å². The normalized spacial score (nSPS) is 24.3. The van der Waals surface area contributed by atoms with Crippen molar-refractivity contribution < 1.29 is 4.74 Å². The highest BCUT2D eigenvalue weighted by atomic mass is 79.9. The molecule has 5 heteroatoms. The molecule has 1 aliphatic rings. The average molecular weight is 314 g/mol. The zero-order valence-electron chi connectivity index (χ0n) is 11.2. The zero-order chi connectivity index (χ0) is 13.1. The fourth-order valence-electron chi connectivity index (χ4n) is 2.27. The SMILES string of the molecule is CCc1cc(N2CC(C)OC(CBr)C2)nc(C)n1. The molecule has 100 valence electrons. The number of ether oxygens (including phenoxy) is 1. The summed E-state index contributed by atoms with van der Waals surface area (Å²) < 4.78 is 5.84. The predicted octanol–water partition coefficient (Wildman–Crippen LogP) is 2.34. The van der Waals surface area contributed by atoms with E-state index < -0.39 is 0 Å². The quantitative estimate of drug-likeness (QED) is 0.803. The number of rotatable bonds is 3. The molecule has 0 N–H and O–H groups in total. The van der Waals surface area contributed by atoms with E-state index in [4.69, 9.17) is 4.74 Å². The van der Waals surface area contributed by atoms with Crippen LogP contribution >= 0.6 is 15.9 Å². The highest BCUT2D eigenvalue weighted by Crippen LogP contribution is 2.20. The van der Waals surface area contributed by atoms with Crippen LogP contribution in [0.25, 0.3) is 0 Å². The summed E-state index contributed by atoms with van der Waals surface area (Å²) in [7, 11) is 0. The van der Waals surface area contributed by atoms with Crippen LogP contribution in [0, 0.1) is 6.92 Å². The molecule has 4 nitrogen and oxygen atoms in total. The predicted molar refractivity (Wildman–Crippen MR) is 76.5 cm³/mol. The van der Waals surface area contributed by atoms with E-state index in [0.29, 0.717) is 0 Å². The molecule has 2 rings (SSSR count). The molecule has 18 heavy (non-hydrogen) atoms. The van der Waals surface area contributed by atoms with Gasteiger partial charge in [0.1, 0.15) is 11.6 Å². The standard InChI is InChI=1S/C13H20BrN3O/c1-4-11-5-13(16-10(3)15-11)17-7-9(2)18-12(6-14)8-17/h5,9,12H,4,6-8H2,1-3H3. The van der Waals surface area contributed by atoms with Gasteiger partial charge in [0.2, 0.25) is 0 Å². The lowest BCUT2D eigenvalue weighted by atomic mass is 10.2. The Morgan fingerprint density at radius 2 is 2.22 bits per heavy atom. The second-order valence-electron chi connectivity index (χ2n) is 4.75. The smallest absolute Gasteiger partial charge is 0.132 e. The minimum Gasteiger partial charge on any atom is -0.371 e. The molecule has 0 bridgehead atoms. The first kappa shape index (κ1) is 13.7. The van der Waals surface area contributed by atoms with Crippen molar-refractivity contribution >= 4 is 21.7 Å². The van der Waals surface area contributed by atoms with Gasteiger partial charge < -0.3 is 9.64 Å². The van der Waals surface area contributed by atoms with Gasteiger partial charge in [0, 0.05) is 30.2 Å². The highest BCUT2D eigenvalue weighted by Gasteiger charge is 2.25. The van der Waals surface area contributed by atoms with Gasteiger partial charge in [0.05, 0.1) is 12.2 Å². The van der Waals surface area contributed by atoms with Gasteiger partial charge in [0.25, 0.3) is 0 Å². The van der Waals surface area contributed by atoms with Crippen LogP contribution in [0.5, 0.6) is 0 Å². The maximum atomic E-state index is 5.84. The van der Waals surface area contributed by atoms with Gasteiger partial charge in [-0.3, -0.25) is 0 Å². The maximum Gasteiger partial charge on any atom is 0.132 e. The molecule has 2 unspecified atom stereocenters. The summed E-state index contributed by atoms with van der Waals surface area (Å²) in [6.45, 7) is 7.96. The summed E-state index contributed by atoms with van der Waals surface area (Å²) in [5.41, 5.74) is 1.10. The number of anilines is 1. The summed E-state index contributed by atoms with van der Waals surface area (Å²) in [5.74, 6) is 1.87. The third kappa shape index (κ3) is 3.20. The summed E-state index contributed by atoms with van der Waals surface area (Å²) in [5, 5.41) is 0.860. The molecule has 2 heterocycles. The van der Waals surface area contributed by atoms with Crippen molar-refractivity contribution in [3.8, 4) is 0 Å². The summed E-state index contributed by atoms with van der Waals surface area (Å²) >= 11 is 3.50. The van der Waals surface area contributed by atoms with Crippen molar-refractivity contribution in [2.24, 2.45) is 0 Å². The summed E-state index contributed by atoms with van der Waals surface area (Å²) in [6, 6.07) is 2.09. The lowest BCUT2D eigenvalue weighted by molar-refractivity contribution is -0.00225. The van der Waals surface area contributed by atoms with E-state index in [-0.39, 0.29) is 12.2 Å². The molecule has 0 saturated carbocycles. The van der Waals surface area contributed by atoms with E-state index in [9.17, 15) is 0 Å². The first-order valence-electron chi connectivity index (χ1n) is 6.43. The lowest BCUT2D eigenvalue weighted by Gasteiger charge is -2.37. The molecular weight excluding hydrogens is 294 g/mol. The lowest BCUT2D eigenvalue weighted by Crippen LogP contribution is -2.47. The molecule has 1 aromatic rings. The van der Waals surface area contributed by atoms with Crippen molar-refractivity contribution in [1.29, 1.82) is 0 Å². The van der Waals surface area contributed by atoms with Crippen LogP contribution in [-0.2, 0) is 11.2 Å². The monoisotopic (exact) mass is 313 g/mol. The fraction of sp³-hybridized carbons (Fsp3) is 0.692. The van der Waals surface area contributed by atoms with Gasteiger partial charge in [0.15, 0.2) is 0 Å². The first-order valence-corrected chi connectivity index (χ1v) is 7.55. The molecule has 1 saturated heterocycles. The first-order chi connectivity index (χ1) is 8.62. The van der Waals surface area contributed by atoms with Gasteiger partial charge >= 0.3 is 0 Å². The molecular formula is C13H20BrN3O. The second kappa shape index (κ2) is 5.97. The van der Waals surface area contributed by atoms with Crippen LogP contribution in [0.15, 0.2) is 6.07 Å². The summed E-state index contributed by atoms with van der Waals surface area (Å²) in [6.07, 6.45) is 1.41. The number of halogens is 1. The molecule has 0 radical (unpaired) electrons. The van der Waals surface area contributed by atoms with Crippen LogP contribution in [0.1, 0.15) is 25.4 Å². The number of morpholine rings is 1. The number of nitrogens with zero attached hydrogens (tertiary/aromatic N) is 3. The van der Waals surface area contributed by atoms with E-state index in [2.05, 4.69) is 50.7 Å². The maximum absolute atomic E-state index is 5.84. The third-order valence-corrected chi connectivity index (χ3v) is 3.78. The topological polar surface area (TPSA) is 38.2 Å². The van der Waals surface area contributed by atoms with E-state index in [0.717, 1.165) is 42.2 Å². The minimum atomic E-state index is 0.231. The van der Waals surface area contributed by atoms with Crippen molar-refractivity contribution in [1.82, 2.24) is 9.97 Å². The van der Waals surface area contributed by atoms with Gasteiger partial charge in [-0.2, -0.15) is 0 Å².